The summed E-state index contributed by atoms with van der Waals surface area (Å²) in [6, 6.07) is 60.5. The van der Waals surface area contributed by atoms with Gasteiger partial charge in [0.05, 0.1) is 2.74 Å². The van der Waals surface area contributed by atoms with E-state index in [1.54, 1.807) is 6.07 Å². The molecule has 0 spiro atoms. The van der Waals surface area contributed by atoms with Crippen molar-refractivity contribution < 1.29 is 7.16 Å². The first kappa shape index (κ1) is 25.6. The predicted octanol–water partition coefficient (Wildman–Crippen LogP) is 13.7. The number of benzene rings is 9. The maximum atomic E-state index is 8.06. The van der Waals surface area contributed by atoms with Crippen molar-refractivity contribution in [1.29, 1.82) is 0 Å². The van der Waals surface area contributed by atoms with Gasteiger partial charge in [-0.3, -0.25) is 0 Å². The lowest BCUT2D eigenvalue weighted by atomic mass is 9.85. The number of hydrogen-bond donors (Lipinski definition) is 0. The molecule has 0 unspecified atom stereocenters. The molecule has 49 heavy (non-hydrogen) atoms. The molecular formula is C48H30O. The van der Waals surface area contributed by atoms with Gasteiger partial charge in [-0.1, -0.05) is 158 Å². The Balaban J connectivity index is 1.12. The van der Waals surface area contributed by atoms with Crippen LogP contribution in [-0.2, 0) is 0 Å². The summed E-state index contributed by atoms with van der Waals surface area (Å²) in [5.41, 5.74) is 10.9. The second kappa shape index (κ2) is 11.1. The number of rotatable bonds is 4. The van der Waals surface area contributed by atoms with Crippen LogP contribution >= 0.6 is 0 Å². The summed E-state index contributed by atoms with van der Waals surface area (Å²) in [5.74, 6) is 0. The minimum absolute atomic E-state index is 0.444. The molecule has 1 heteroatoms. The zero-order chi connectivity index (χ0) is 34.1. The van der Waals surface area contributed by atoms with E-state index < -0.39 is 0 Å². The Morgan fingerprint density at radius 1 is 0.347 bits per heavy atom. The molecule has 0 atom stereocenters. The maximum Gasteiger partial charge on any atom is 0.136 e. The van der Waals surface area contributed by atoms with Crippen molar-refractivity contribution in [2.45, 2.75) is 0 Å². The fourth-order valence-electron chi connectivity index (χ4n) is 7.69. The summed E-state index contributed by atoms with van der Waals surface area (Å²) >= 11 is 0. The molecule has 0 fully saturated rings. The van der Waals surface area contributed by atoms with E-state index in [0.717, 1.165) is 55.0 Å². The molecule has 9 aromatic carbocycles. The second-order valence-electron chi connectivity index (χ2n) is 12.7. The molecule has 10 aromatic rings. The summed E-state index contributed by atoms with van der Waals surface area (Å²) < 4.78 is 22.2. The van der Waals surface area contributed by atoms with Crippen LogP contribution in [0, 0.1) is 0 Å². The molecule has 0 saturated carbocycles. The monoisotopic (exact) mass is 624 g/mol. The van der Waals surface area contributed by atoms with E-state index in [4.69, 9.17) is 7.16 Å². The SMILES string of the molecule is [2H]c1ccc2cc(-c3cccc(-c4c5ccccc5c(-c5ccc(-c6cccc7oc8cc([2H])ccc8c67)cc5)c5ccccc45)c3)ccc2c1. The summed E-state index contributed by atoms with van der Waals surface area (Å²) in [7, 11) is 0. The zero-order valence-electron chi connectivity index (χ0n) is 28.6. The Kier molecular flexibility index (Phi) is 5.79. The Bertz CT molecular complexity index is 2930. The van der Waals surface area contributed by atoms with Gasteiger partial charge < -0.3 is 4.42 Å². The highest BCUT2D eigenvalue weighted by molar-refractivity contribution is 6.21. The normalized spacial score (nSPS) is 12.2. The van der Waals surface area contributed by atoms with Crippen LogP contribution in [-0.4, -0.2) is 0 Å². The molecule has 0 aliphatic heterocycles. The van der Waals surface area contributed by atoms with Gasteiger partial charge in [0.15, 0.2) is 0 Å². The van der Waals surface area contributed by atoms with E-state index in [-0.39, 0.29) is 0 Å². The molecule has 0 aliphatic carbocycles. The largest absolute Gasteiger partial charge is 0.456 e. The molecule has 1 aromatic heterocycles. The summed E-state index contributed by atoms with van der Waals surface area (Å²) in [6.45, 7) is 0. The quantitative estimate of drug-likeness (QED) is 0.178. The van der Waals surface area contributed by atoms with E-state index in [2.05, 4.69) is 121 Å². The Labute approximate surface area is 287 Å². The third-order valence-corrected chi connectivity index (χ3v) is 9.93. The van der Waals surface area contributed by atoms with Gasteiger partial charge in [0.25, 0.3) is 0 Å². The molecule has 0 amide bonds. The fraction of sp³-hybridized carbons (Fsp3) is 0. The van der Waals surface area contributed by atoms with Crippen LogP contribution in [0.25, 0.3) is 98.8 Å². The van der Waals surface area contributed by atoms with Gasteiger partial charge in [-0.15, -0.1) is 0 Å². The van der Waals surface area contributed by atoms with Gasteiger partial charge in [0, 0.05) is 10.8 Å². The fourth-order valence-corrected chi connectivity index (χ4v) is 7.69. The molecule has 228 valence electrons. The Hall–Kier alpha value is -6.44. The van der Waals surface area contributed by atoms with E-state index in [9.17, 15) is 0 Å². The van der Waals surface area contributed by atoms with E-state index >= 15 is 0 Å². The van der Waals surface area contributed by atoms with Crippen molar-refractivity contribution in [3.05, 3.63) is 182 Å². The van der Waals surface area contributed by atoms with Gasteiger partial charge in [-0.2, -0.15) is 0 Å². The topological polar surface area (TPSA) is 13.1 Å². The molecule has 1 heterocycles. The van der Waals surface area contributed by atoms with Gasteiger partial charge in [0.1, 0.15) is 11.2 Å². The average Bonchev–Trinajstić information content (AvgIpc) is 3.54. The first-order valence-electron chi connectivity index (χ1n) is 17.7. The Morgan fingerprint density at radius 3 is 1.71 bits per heavy atom. The van der Waals surface area contributed by atoms with Crippen LogP contribution in [0.5, 0.6) is 0 Å². The van der Waals surface area contributed by atoms with Crippen LogP contribution < -0.4 is 0 Å². The van der Waals surface area contributed by atoms with Gasteiger partial charge >= 0.3 is 0 Å². The van der Waals surface area contributed by atoms with Crippen molar-refractivity contribution >= 4 is 54.3 Å². The number of fused-ring (bicyclic) bond motifs is 6. The number of hydrogen-bond acceptors (Lipinski definition) is 1. The zero-order valence-corrected chi connectivity index (χ0v) is 26.6. The van der Waals surface area contributed by atoms with Crippen LogP contribution in [0.4, 0.5) is 0 Å². The second-order valence-corrected chi connectivity index (χ2v) is 12.7. The smallest absolute Gasteiger partial charge is 0.136 e. The highest BCUT2D eigenvalue weighted by Crippen LogP contribution is 2.45. The molecule has 0 radical (unpaired) electrons. The van der Waals surface area contributed by atoms with Crippen molar-refractivity contribution in [2.24, 2.45) is 0 Å². The number of furan rings is 1. The summed E-state index contributed by atoms with van der Waals surface area (Å²) in [5, 5.41) is 9.20. The van der Waals surface area contributed by atoms with Crippen molar-refractivity contribution in [3.8, 4) is 44.5 Å². The first-order valence-corrected chi connectivity index (χ1v) is 16.7. The third-order valence-electron chi connectivity index (χ3n) is 9.93. The number of para-hydroxylation sites is 1. The van der Waals surface area contributed by atoms with Gasteiger partial charge in [-0.25, -0.2) is 0 Å². The highest BCUT2D eigenvalue weighted by Gasteiger charge is 2.18. The summed E-state index contributed by atoms with van der Waals surface area (Å²) in [4.78, 5) is 0. The molecule has 0 saturated heterocycles. The lowest BCUT2D eigenvalue weighted by Gasteiger charge is -2.18. The van der Waals surface area contributed by atoms with Crippen LogP contribution in [0.1, 0.15) is 2.74 Å². The minimum atomic E-state index is 0.444. The van der Waals surface area contributed by atoms with Crippen molar-refractivity contribution in [3.63, 3.8) is 0 Å². The first-order chi connectivity index (χ1) is 25.1. The van der Waals surface area contributed by atoms with E-state index in [1.165, 1.54) is 43.8 Å². The summed E-state index contributed by atoms with van der Waals surface area (Å²) in [6.07, 6.45) is 0. The predicted molar refractivity (Wildman–Crippen MR) is 208 cm³/mol. The standard InChI is InChI=1S/C48H30O/c1-2-12-34-29-36(28-23-31(34)11-1)35-13-9-14-37(30-35)47-41-17-5-3-15-39(41)46(40-16-4-6-18-42(40)47)33-26-24-32(25-27-33)38-20-10-22-45-48(38)43-19-7-8-21-44(43)49-45/h1-30H/i1D,8D. The lowest BCUT2D eigenvalue weighted by Crippen LogP contribution is -1.91. The molecule has 1 nitrogen and oxygen atoms in total. The van der Waals surface area contributed by atoms with Gasteiger partial charge in [-0.05, 0) is 101 Å². The third kappa shape index (κ3) is 4.47. The van der Waals surface area contributed by atoms with E-state index in [0.29, 0.717) is 12.1 Å². The molecule has 0 bridgehead atoms. The average molecular weight is 625 g/mol. The molecule has 10 rings (SSSR count). The van der Waals surface area contributed by atoms with Gasteiger partial charge in [0.2, 0.25) is 0 Å². The highest BCUT2D eigenvalue weighted by atomic mass is 16.3. The van der Waals surface area contributed by atoms with Crippen LogP contribution in [0.2, 0.25) is 0 Å². The lowest BCUT2D eigenvalue weighted by molar-refractivity contribution is 0.669. The van der Waals surface area contributed by atoms with Crippen LogP contribution in [0.15, 0.2) is 186 Å². The van der Waals surface area contributed by atoms with E-state index in [1.807, 2.05) is 42.5 Å². The molecular weight excluding hydrogens is 593 g/mol. The van der Waals surface area contributed by atoms with Crippen molar-refractivity contribution in [2.75, 3.05) is 0 Å². The molecule has 0 aliphatic rings. The Morgan fingerprint density at radius 2 is 0.939 bits per heavy atom. The van der Waals surface area contributed by atoms with Crippen molar-refractivity contribution in [1.82, 2.24) is 0 Å². The minimum Gasteiger partial charge on any atom is -0.456 e. The maximum absolute atomic E-state index is 8.06. The van der Waals surface area contributed by atoms with Crippen LogP contribution in [0.3, 0.4) is 0 Å². The molecule has 0 N–H and O–H groups in total.